The number of aromatic nitrogens is 1. The van der Waals surface area contributed by atoms with E-state index in [9.17, 15) is 4.79 Å². The number of nitrogens with zero attached hydrogens (tertiary/aromatic N) is 1. The molecule has 1 fully saturated rings. The van der Waals surface area contributed by atoms with Crippen LogP contribution in [0.5, 0.6) is 0 Å². The molecule has 1 aromatic carbocycles. The fraction of sp³-hybridized carbons (Fsp3) is 0.222. The van der Waals surface area contributed by atoms with Crippen molar-refractivity contribution in [3.8, 4) is 11.3 Å². The Labute approximate surface area is 124 Å². The molecule has 0 unspecified atom stereocenters. The molecule has 1 aromatic heterocycles. The van der Waals surface area contributed by atoms with E-state index in [4.69, 9.17) is 0 Å². The first-order valence-electron chi connectivity index (χ1n) is 7.22. The SMILES string of the molecule is C=CC(=O)NCc1ccc(-c2cccc(C3CC3)c2)nc1. The number of rotatable bonds is 5. The van der Waals surface area contributed by atoms with Crippen molar-refractivity contribution in [2.24, 2.45) is 0 Å². The Hall–Kier alpha value is -2.42. The molecule has 106 valence electrons. The van der Waals surface area contributed by atoms with E-state index in [1.807, 2.05) is 18.3 Å². The van der Waals surface area contributed by atoms with Gasteiger partial charge in [0.05, 0.1) is 5.69 Å². The molecule has 0 atom stereocenters. The first-order chi connectivity index (χ1) is 10.3. The third kappa shape index (κ3) is 3.37. The van der Waals surface area contributed by atoms with Crippen LogP contribution in [0.2, 0.25) is 0 Å². The minimum Gasteiger partial charge on any atom is -0.348 e. The maximum absolute atomic E-state index is 11.1. The molecule has 1 aliphatic carbocycles. The summed E-state index contributed by atoms with van der Waals surface area (Å²) < 4.78 is 0. The van der Waals surface area contributed by atoms with Gasteiger partial charge in [0.15, 0.2) is 0 Å². The topological polar surface area (TPSA) is 42.0 Å². The maximum Gasteiger partial charge on any atom is 0.243 e. The highest BCUT2D eigenvalue weighted by molar-refractivity contribution is 5.86. The van der Waals surface area contributed by atoms with Gasteiger partial charge in [-0.1, -0.05) is 30.8 Å². The third-order valence-electron chi connectivity index (χ3n) is 3.71. The molecule has 3 rings (SSSR count). The lowest BCUT2D eigenvalue weighted by atomic mass is 10.0. The van der Waals surface area contributed by atoms with Crippen molar-refractivity contribution < 1.29 is 4.79 Å². The van der Waals surface area contributed by atoms with Crippen LogP contribution >= 0.6 is 0 Å². The molecule has 0 aliphatic heterocycles. The summed E-state index contributed by atoms with van der Waals surface area (Å²) in [4.78, 5) is 15.6. The molecule has 1 N–H and O–H groups in total. The smallest absolute Gasteiger partial charge is 0.243 e. The highest BCUT2D eigenvalue weighted by atomic mass is 16.1. The molecule has 0 radical (unpaired) electrons. The van der Waals surface area contributed by atoms with Gasteiger partial charge in [-0.05, 0) is 48.1 Å². The molecular formula is C18H18N2O. The van der Waals surface area contributed by atoms with Gasteiger partial charge in [0.25, 0.3) is 0 Å². The number of nitrogens with one attached hydrogen (secondary N) is 1. The molecule has 21 heavy (non-hydrogen) atoms. The number of benzene rings is 1. The predicted molar refractivity (Wildman–Crippen MR) is 83.7 cm³/mol. The highest BCUT2D eigenvalue weighted by Gasteiger charge is 2.23. The molecule has 1 saturated carbocycles. The highest BCUT2D eigenvalue weighted by Crippen LogP contribution is 2.40. The van der Waals surface area contributed by atoms with Gasteiger partial charge in [-0.2, -0.15) is 0 Å². The molecule has 1 aliphatic rings. The normalized spacial score (nSPS) is 13.7. The van der Waals surface area contributed by atoms with E-state index in [1.165, 1.54) is 24.5 Å². The summed E-state index contributed by atoms with van der Waals surface area (Å²) in [6.45, 7) is 3.90. The molecule has 0 bridgehead atoms. The van der Waals surface area contributed by atoms with Crippen LogP contribution in [0.15, 0.2) is 55.3 Å². The van der Waals surface area contributed by atoms with Gasteiger partial charge >= 0.3 is 0 Å². The number of hydrogen-bond acceptors (Lipinski definition) is 2. The van der Waals surface area contributed by atoms with Crippen LogP contribution in [-0.2, 0) is 11.3 Å². The molecular weight excluding hydrogens is 260 g/mol. The first kappa shape index (κ1) is 13.6. The average Bonchev–Trinajstić information content (AvgIpc) is 3.38. The van der Waals surface area contributed by atoms with Crippen molar-refractivity contribution in [3.63, 3.8) is 0 Å². The van der Waals surface area contributed by atoms with Crippen LogP contribution in [0.25, 0.3) is 11.3 Å². The zero-order chi connectivity index (χ0) is 14.7. The number of carbonyl (C=O) groups is 1. The minimum absolute atomic E-state index is 0.170. The molecule has 2 aromatic rings. The van der Waals surface area contributed by atoms with Gasteiger partial charge in [0, 0.05) is 18.3 Å². The largest absolute Gasteiger partial charge is 0.348 e. The standard InChI is InChI=1S/C18H18N2O/c1-2-18(21)20-12-13-6-9-17(19-11-13)16-5-3-4-15(10-16)14-7-8-14/h2-6,9-11,14H,1,7-8,12H2,(H,20,21). The summed E-state index contributed by atoms with van der Waals surface area (Å²) >= 11 is 0. The lowest BCUT2D eigenvalue weighted by Gasteiger charge is -2.06. The number of pyridine rings is 1. The lowest BCUT2D eigenvalue weighted by Crippen LogP contribution is -2.19. The summed E-state index contributed by atoms with van der Waals surface area (Å²) in [5.41, 5.74) is 4.52. The Balaban J connectivity index is 1.72. The van der Waals surface area contributed by atoms with E-state index in [0.29, 0.717) is 6.54 Å². The van der Waals surface area contributed by atoms with Gasteiger partial charge in [0.2, 0.25) is 5.91 Å². The molecule has 1 heterocycles. The van der Waals surface area contributed by atoms with Crippen LogP contribution in [0, 0.1) is 0 Å². The van der Waals surface area contributed by atoms with Crippen molar-refractivity contribution >= 4 is 5.91 Å². The lowest BCUT2D eigenvalue weighted by molar-refractivity contribution is -0.116. The van der Waals surface area contributed by atoms with Crippen molar-refractivity contribution in [2.45, 2.75) is 25.3 Å². The van der Waals surface area contributed by atoms with Crippen molar-refractivity contribution in [1.29, 1.82) is 0 Å². The van der Waals surface area contributed by atoms with Crippen molar-refractivity contribution in [2.75, 3.05) is 0 Å². The Morgan fingerprint density at radius 1 is 1.33 bits per heavy atom. The molecule has 0 saturated heterocycles. The quantitative estimate of drug-likeness (QED) is 0.851. The Bertz CT molecular complexity index is 657. The van der Waals surface area contributed by atoms with Gasteiger partial charge in [-0.25, -0.2) is 0 Å². The first-order valence-corrected chi connectivity index (χ1v) is 7.22. The maximum atomic E-state index is 11.1. The Morgan fingerprint density at radius 3 is 2.86 bits per heavy atom. The van der Waals surface area contributed by atoms with Crippen molar-refractivity contribution in [1.82, 2.24) is 10.3 Å². The van der Waals surface area contributed by atoms with Gasteiger partial charge < -0.3 is 5.32 Å². The second kappa shape index (κ2) is 5.92. The van der Waals surface area contributed by atoms with Crippen LogP contribution < -0.4 is 5.32 Å². The van der Waals surface area contributed by atoms with E-state index in [-0.39, 0.29) is 5.91 Å². The fourth-order valence-corrected chi connectivity index (χ4v) is 2.33. The van der Waals surface area contributed by atoms with E-state index in [2.05, 4.69) is 41.1 Å². The van der Waals surface area contributed by atoms with Gasteiger partial charge in [-0.15, -0.1) is 0 Å². The fourth-order valence-electron chi connectivity index (χ4n) is 2.33. The van der Waals surface area contributed by atoms with Crippen LogP contribution in [0.3, 0.4) is 0 Å². The summed E-state index contributed by atoms with van der Waals surface area (Å²) in [6, 6.07) is 12.6. The molecule has 3 nitrogen and oxygen atoms in total. The summed E-state index contributed by atoms with van der Waals surface area (Å²) in [5.74, 6) is 0.578. The second-order valence-corrected chi connectivity index (χ2v) is 5.37. The van der Waals surface area contributed by atoms with Crippen LogP contribution in [0.1, 0.15) is 29.9 Å². The molecule has 3 heteroatoms. The minimum atomic E-state index is -0.170. The van der Waals surface area contributed by atoms with E-state index >= 15 is 0 Å². The number of carbonyl (C=O) groups excluding carboxylic acids is 1. The van der Waals surface area contributed by atoms with E-state index in [1.54, 1.807) is 0 Å². The monoisotopic (exact) mass is 278 g/mol. The number of hydrogen-bond donors (Lipinski definition) is 1. The predicted octanol–water partition coefficient (Wildman–Crippen LogP) is 3.43. The van der Waals surface area contributed by atoms with Crippen molar-refractivity contribution in [3.05, 3.63) is 66.4 Å². The Kier molecular flexibility index (Phi) is 3.82. The summed E-state index contributed by atoms with van der Waals surface area (Å²) in [6.07, 6.45) is 5.69. The summed E-state index contributed by atoms with van der Waals surface area (Å²) in [7, 11) is 0. The van der Waals surface area contributed by atoms with Crippen LogP contribution in [0.4, 0.5) is 0 Å². The van der Waals surface area contributed by atoms with Crippen LogP contribution in [-0.4, -0.2) is 10.9 Å². The van der Waals surface area contributed by atoms with E-state index < -0.39 is 0 Å². The van der Waals surface area contributed by atoms with Gasteiger partial charge in [0.1, 0.15) is 0 Å². The zero-order valence-electron chi connectivity index (χ0n) is 11.9. The molecule has 1 amide bonds. The zero-order valence-corrected chi connectivity index (χ0v) is 11.9. The number of amides is 1. The summed E-state index contributed by atoms with van der Waals surface area (Å²) in [5, 5.41) is 2.74. The molecule has 0 spiro atoms. The Morgan fingerprint density at radius 2 is 2.19 bits per heavy atom. The third-order valence-corrected chi connectivity index (χ3v) is 3.71. The average molecular weight is 278 g/mol. The second-order valence-electron chi connectivity index (χ2n) is 5.37. The van der Waals surface area contributed by atoms with Gasteiger partial charge in [-0.3, -0.25) is 9.78 Å². The van der Waals surface area contributed by atoms with E-state index in [0.717, 1.165) is 22.7 Å².